The third kappa shape index (κ3) is 3.50. The summed E-state index contributed by atoms with van der Waals surface area (Å²) in [5.74, 6) is 0.638. The van der Waals surface area contributed by atoms with Gasteiger partial charge < -0.3 is 15.6 Å². The number of ether oxygens (including phenoxy) is 1. The molecule has 112 valence electrons. The molecule has 2 atom stereocenters. The molecule has 0 fully saturated rings. The molecule has 0 aromatic heterocycles. The number of halogens is 2. The Morgan fingerprint density at radius 2 is 1.81 bits per heavy atom. The highest BCUT2D eigenvalue weighted by atomic mass is 35.5. The Hall–Kier alpha value is -1.26. The van der Waals surface area contributed by atoms with Crippen LogP contribution in [0.25, 0.3) is 0 Å². The fourth-order valence-corrected chi connectivity index (χ4v) is 2.38. The van der Waals surface area contributed by atoms with Crippen molar-refractivity contribution in [1.29, 1.82) is 0 Å². The Bertz CT molecular complexity index is 606. The van der Waals surface area contributed by atoms with Crippen LogP contribution in [0.1, 0.15) is 12.5 Å². The molecule has 0 spiro atoms. The molecule has 2 rings (SSSR count). The van der Waals surface area contributed by atoms with Crippen LogP contribution in [-0.4, -0.2) is 17.8 Å². The minimum absolute atomic E-state index is 0.0591. The highest BCUT2D eigenvalue weighted by Crippen LogP contribution is 2.34. The van der Waals surface area contributed by atoms with Crippen molar-refractivity contribution in [2.75, 3.05) is 6.54 Å². The van der Waals surface area contributed by atoms with E-state index in [2.05, 4.69) is 0 Å². The van der Waals surface area contributed by atoms with Gasteiger partial charge in [-0.3, -0.25) is 0 Å². The van der Waals surface area contributed by atoms with Crippen LogP contribution in [-0.2, 0) is 5.60 Å². The Morgan fingerprint density at radius 3 is 2.38 bits per heavy atom. The molecule has 0 saturated heterocycles. The van der Waals surface area contributed by atoms with Gasteiger partial charge in [-0.05, 0) is 36.8 Å². The molecule has 0 aliphatic carbocycles. The summed E-state index contributed by atoms with van der Waals surface area (Å²) in [6.45, 7) is 1.83. The monoisotopic (exact) mass is 325 g/mol. The van der Waals surface area contributed by atoms with Crippen LogP contribution >= 0.6 is 23.2 Å². The second-order valence-corrected chi connectivity index (χ2v) is 5.72. The van der Waals surface area contributed by atoms with Crippen LogP contribution in [0.3, 0.4) is 0 Å². The summed E-state index contributed by atoms with van der Waals surface area (Å²) in [4.78, 5) is 0. The normalized spacial score (nSPS) is 15.3. The van der Waals surface area contributed by atoms with E-state index in [1.54, 1.807) is 25.1 Å². The summed E-state index contributed by atoms with van der Waals surface area (Å²) in [5.41, 5.74) is 5.31. The number of nitrogens with two attached hydrogens (primary N) is 1. The van der Waals surface area contributed by atoms with Gasteiger partial charge in [0.05, 0.1) is 10.0 Å². The number of hydrogen-bond donors (Lipinski definition) is 2. The third-order valence-electron chi connectivity index (χ3n) is 3.43. The van der Waals surface area contributed by atoms with Crippen molar-refractivity contribution >= 4 is 23.2 Å². The molecule has 21 heavy (non-hydrogen) atoms. The van der Waals surface area contributed by atoms with Crippen molar-refractivity contribution < 1.29 is 9.84 Å². The zero-order valence-electron chi connectivity index (χ0n) is 11.6. The standard InChI is InChI=1S/C16H17Cl2NO2/c1-16(15(20)10-19,21-12-5-3-2-4-6-12)11-7-8-13(17)14(18)9-11/h2-9,15,20H,10,19H2,1H3. The van der Waals surface area contributed by atoms with Crippen molar-refractivity contribution in [3.8, 4) is 5.75 Å². The molecule has 2 unspecified atom stereocenters. The number of rotatable bonds is 5. The molecular weight excluding hydrogens is 309 g/mol. The first kappa shape index (κ1) is 16.1. The summed E-state index contributed by atoms with van der Waals surface area (Å²) in [7, 11) is 0. The van der Waals surface area contributed by atoms with Gasteiger partial charge in [-0.2, -0.15) is 0 Å². The molecular formula is C16H17Cl2NO2. The van der Waals surface area contributed by atoms with Gasteiger partial charge in [-0.15, -0.1) is 0 Å². The molecule has 3 nitrogen and oxygen atoms in total. The van der Waals surface area contributed by atoms with Gasteiger partial charge in [0.2, 0.25) is 0 Å². The third-order valence-corrected chi connectivity index (χ3v) is 4.16. The average Bonchev–Trinajstić information content (AvgIpc) is 2.50. The van der Waals surface area contributed by atoms with Crippen molar-refractivity contribution in [2.45, 2.75) is 18.6 Å². The number of aliphatic hydroxyl groups is 1. The average molecular weight is 326 g/mol. The maximum absolute atomic E-state index is 10.3. The molecule has 0 radical (unpaired) electrons. The molecule has 0 aliphatic rings. The van der Waals surface area contributed by atoms with Crippen LogP contribution in [0.15, 0.2) is 48.5 Å². The summed E-state index contributed by atoms with van der Waals surface area (Å²) in [6, 6.07) is 14.4. The minimum atomic E-state index is -1.02. The van der Waals surface area contributed by atoms with Crippen molar-refractivity contribution in [3.05, 3.63) is 64.1 Å². The maximum Gasteiger partial charge on any atom is 0.158 e. The van der Waals surface area contributed by atoms with Crippen molar-refractivity contribution in [1.82, 2.24) is 0 Å². The first-order chi connectivity index (χ1) is 9.97. The number of aliphatic hydroxyl groups excluding tert-OH is 1. The molecule has 2 aromatic carbocycles. The van der Waals surface area contributed by atoms with E-state index in [4.69, 9.17) is 33.7 Å². The Kier molecular flexibility index (Phi) is 5.12. The molecule has 0 aliphatic heterocycles. The topological polar surface area (TPSA) is 55.5 Å². The van der Waals surface area contributed by atoms with Crippen LogP contribution in [0.5, 0.6) is 5.75 Å². The molecule has 0 heterocycles. The van der Waals surface area contributed by atoms with Gasteiger partial charge >= 0.3 is 0 Å². The second-order valence-electron chi connectivity index (χ2n) is 4.90. The lowest BCUT2D eigenvalue weighted by Crippen LogP contribution is -2.46. The fourth-order valence-electron chi connectivity index (χ4n) is 2.08. The Labute approximate surface area is 134 Å². The van der Waals surface area contributed by atoms with E-state index in [-0.39, 0.29) is 6.54 Å². The minimum Gasteiger partial charge on any atom is -0.480 e. The van der Waals surface area contributed by atoms with E-state index < -0.39 is 11.7 Å². The lowest BCUT2D eigenvalue weighted by Gasteiger charge is -2.35. The van der Waals surface area contributed by atoms with Gasteiger partial charge in [0, 0.05) is 6.54 Å². The van der Waals surface area contributed by atoms with E-state index in [1.165, 1.54) is 0 Å². The zero-order chi connectivity index (χ0) is 15.5. The predicted octanol–water partition coefficient (Wildman–Crippen LogP) is 3.61. The SMILES string of the molecule is CC(Oc1ccccc1)(c1ccc(Cl)c(Cl)c1)C(O)CN. The van der Waals surface area contributed by atoms with Crippen molar-refractivity contribution in [3.63, 3.8) is 0 Å². The molecule has 0 saturated carbocycles. The Balaban J connectivity index is 2.43. The fraction of sp³-hybridized carbons (Fsp3) is 0.250. The van der Waals surface area contributed by atoms with E-state index in [0.29, 0.717) is 21.4 Å². The molecule has 3 N–H and O–H groups in total. The lowest BCUT2D eigenvalue weighted by molar-refractivity contribution is -0.0410. The van der Waals surface area contributed by atoms with E-state index >= 15 is 0 Å². The summed E-state index contributed by atoms with van der Waals surface area (Å²) in [6.07, 6.45) is -0.894. The highest BCUT2D eigenvalue weighted by Gasteiger charge is 2.37. The van der Waals surface area contributed by atoms with Gasteiger partial charge in [0.25, 0.3) is 0 Å². The smallest absolute Gasteiger partial charge is 0.158 e. The van der Waals surface area contributed by atoms with Gasteiger partial charge in [-0.25, -0.2) is 0 Å². The van der Waals surface area contributed by atoms with Gasteiger partial charge in [-0.1, -0.05) is 47.5 Å². The number of hydrogen-bond acceptors (Lipinski definition) is 3. The molecule has 2 aromatic rings. The first-order valence-corrected chi connectivity index (χ1v) is 7.30. The number of benzene rings is 2. The van der Waals surface area contributed by atoms with Crippen LogP contribution in [0, 0.1) is 0 Å². The summed E-state index contributed by atoms with van der Waals surface area (Å²) < 4.78 is 6.00. The number of para-hydroxylation sites is 1. The lowest BCUT2D eigenvalue weighted by atomic mass is 9.89. The quantitative estimate of drug-likeness (QED) is 0.882. The van der Waals surface area contributed by atoms with Crippen molar-refractivity contribution in [2.24, 2.45) is 5.73 Å². The maximum atomic E-state index is 10.3. The van der Waals surface area contributed by atoms with Crippen LogP contribution in [0.2, 0.25) is 10.0 Å². The highest BCUT2D eigenvalue weighted by molar-refractivity contribution is 6.42. The largest absolute Gasteiger partial charge is 0.480 e. The predicted molar refractivity (Wildman–Crippen MR) is 85.9 cm³/mol. The van der Waals surface area contributed by atoms with Crippen LogP contribution < -0.4 is 10.5 Å². The summed E-state index contributed by atoms with van der Waals surface area (Å²) in [5, 5.41) is 11.2. The second kappa shape index (κ2) is 6.67. The van der Waals surface area contributed by atoms with Crippen LogP contribution in [0.4, 0.5) is 0 Å². The first-order valence-electron chi connectivity index (χ1n) is 6.55. The van der Waals surface area contributed by atoms with Gasteiger partial charge in [0.15, 0.2) is 5.60 Å². The zero-order valence-corrected chi connectivity index (χ0v) is 13.1. The van der Waals surface area contributed by atoms with E-state index in [9.17, 15) is 5.11 Å². The summed E-state index contributed by atoms with van der Waals surface area (Å²) >= 11 is 12.0. The van der Waals surface area contributed by atoms with E-state index in [0.717, 1.165) is 0 Å². The molecule has 0 bridgehead atoms. The molecule has 0 amide bonds. The Morgan fingerprint density at radius 1 is 1.14 bits per heavy atom. The molecule has 5 heteroatoms. The van der Waals surface area contributed by atoms with E-state index in [1.807, 2.05) is 30.3 Å². The van der Waals surface area contributed by atoms with Gasteiger partial charge in [0.1, 0.15) is 11.9 Å².